The maximum absolute atomic E-state index is 12.8. The van der Waals surface area contributed by atoms with E-state index < -0.39 is 17.5 Å². The van der Waals surface area contributed by atoms with Crippen molar-refractivity contribution in [1.29, 1.82) is 0 Å². The van der Waals surface area contributed by atoms with Crippen LogP contribution in [-0.2, 0) is 12.6 Å². The fraction of sp³-hybridized carbons (Fsp3) is 0.200. The average molecular weight is 279 g/mol. The SMILES string of the molecule is Cc1ccc(CC(=O)c2cnccc2C(F)(F)F)cc1. The zero-order valence-electron chi connectivity index (χ0n) is 10.7. The number of aromatic nitrogens is 1. The molecule has 0 amide bonds. The van der Waals surface area contributed by atoms with Crippen LogP contribution in [0.1, 0.15) is 27.0 Å². The normalized spacial score (nSPS) is 11.4. The van der Waals surface area contributed by atoms with Crippen molar-refractivity contribution in [2.45, 2.75) is 19.5 Å². The first-order chi connectivity index (χ1) is 9.38. The van der Waals surface area contributed by atoms with Crippen LogP contribution in [0.2, 0.25) is 0 Å². The van der Waals surface area contributed by atoms with E-state index in [-0.39, 0.29) is 12.0 Å². The number of pyridine rings is 1. The maximum atomic E-state index is 12.8. The summed E-state index contributed by atoms with van der Waals surface area (Å²) in [6.45, 7) is 1.90. The smallest absolute Gasteiger partial charge is 0.294 e. The highest BCUT2D eigenvalue weighted by Gasteiger charge is 2.34. The minimum atomic E-state index is -4.55. The number of halogens is 3. The third-order valence-electron chi connectivity index (χ3n) is 2.91. The largest absolute Gasteiger partial charge is 0.417 e. The average Bonchev–Trinajstić information content (AvgIpc) is 2.40. The first-order valence-corrected chi connectivity index (χ1v) is 5.98. The van der Waals surface area contributed by atoms with Gasteiger partial charge in [0.25, 0.3) is 0 Å². The van der Waals surface area contributed by atoms with E-state index in [9.17, 15) is 18.0 Å². The molecule has 0 bridgehead atoms. The van der Waals surface area contributed by atoms with Crippen LogP contribution in [-0.4, -0.2) is 10.8 Å². The highest BCUT2D eigenvalue weighted by Crippen LogP contribution is 2.31. The van der Waals surface area contributed by atoms with Gasteiger partial charge in [0.15, 0.2) is 5.78 Å². The fourth-order valence-electron chi connectivity index (χ4n) is 1.85. The summed E-state index contributed by atoms with van der Waals surface area (Å²) in [6, 6.07) is 7.92. The Morgan fingerprint density at radius 2 is 1.80 bits per heavy atom. The van der Waals surface area contributed by atoms with E-state index in [2.05, 4.69) is 4.98 Å². The van der Waals surface area contributed by atoms with Crippen LogP contribution in [0, 0.1) is 6.92 Å². The molecule has 0 saturated carbocycles. The number of Topliss-reactive ketones (excluding diaryl/α,β-unsaturated/α-hetero) is 1. The number of benzene rings is 1. The minimum Gasteiger partial charge on any atom is -0.294 e. The summed E-state index contributed by atoms with van der Waals surface area (Å²) in [5, 5.41) is 0. The van der Waals surface area contributed by atoms with Crippen molar-refractivity contribution < 1.29 is 18.0 Å². The summed E-state index contributed by atoms with van der Waals surface area (Å²) in [6.07, 6.45) is -2.62. The van der Waals surface area contributed by atoms with Gasteiger partial charge in [-0.25, -0.2) is 0 Å². The van der Waals surface area contributed by atoms with E-state index in [0.29, 0.717) is 5.56 Å². The molecule has 0 unspecified atom stereocenters. The molecule has 2 rings (SSSR count). The van der Waals surface area contributed by atoms with Gasteiger partial charge < -0.3 is 0 Å². The van der Waals surface area contributed by atoms with Crippen molar-refractivity contribution >= 4 is 5.78 Å². The number of aryl methyl sites for hydroxylation is 1. The van der Waals surface area contributed by atoms with Crippen molar-refractivity contribution in [3.8, 4) is 0 Å². The van der Waals surface area contributed by atoms with Crippen LogP contribution in [0.4, 0.5) is 13.2 Å². The lowest BCUT2D eigenvalue weighted by atomic mass is 9.99. The van der Waals surface area contributed by atoms with Gasteiger partial charge in [-0.3, -0.25) is 9.78 Å². The molecule has 1 aromatic heterocycles. The molecule has 0 aliphatic carbocycles. The third-order valence-corrected chi connectivity index (χ3v) is 2.91. The Labute approximate surface area is 114 Å². The van der Waals surface area contributed by atoms with Crippen molar-refractivity contribution in [1.82, 2.24) is 4.98 Å². The zero-order chi connectivity index (χ0) is 14.8. The van der Waals surface area contributed by atoms with E-state index >= 15 is 0 Å². The van der Waals surface area contributed by atoms with Gasteiger partial charge in [-0.05, 0) is 18.6 Å². The molecule has 2 nitrogen and oxygen atoms in total. The number of carbonyl (C=O) groups excluding carboxylic acids is 1. The Bertz CT molecular complexity index is 618. The zero-order valence-corrected chi connectivity index (χ0v) is 10.7. The van der Waals surface area contributed by atoms with Crippen molar-refractivity contribution in [3.05, 3.63) is 65.0 Å². The molecular formula is C15H12F3NO. The van der Waals surface area contributed by atoms with Gasteiger partial charge in [-0.1, -0.05) is 29.8 Å². The van der Waals surface area contributed by atoms with Gasteiger partial charge in [-0.15, -0.1) is 0 Å². The molecule has 0 fully saturated rings. The van der Waals surface area contributed by atoms with Crippen LogP contribution < -0.4 is 0 Å². The van der Waals surface area contributed by atoms with Crippen LogP contribution in [0.25, 0.3) is 0 Å². The lowest BCUT2D eigenvalue weighted by Gasteiger charge is -2.11. The second-order valence-corrected chi connectivity index (χ2v) is 4.50. The fourth-order valence-corrected chi connectivity index (χ4v) is 1.85. The second kappa shape index (κ2) is 5.45. The highest BCUT2D eigenvalue weighted by atomic mass is 19.4. The molecule has 1 aromatic carbocycles. The van der Waals surface area contributed by atoms with Crippen LogP contribution in [0.5, 0.6) is 0 Å². The van der Waals surface area contributed by atoms with Gasteiger partial charge >= 0.3 is 6.18 Å². The Morgan fingerprint density at radius 1 is 1.15 bits per heavy atom. The van der Waals surface area contributed by atoms with E-state index in [1.54, 1.807) is 12.1 Å². The molecular weight excluding hydrogens is 267 g/mol. The molecule has 5 heteroatoms. The van der Waals surface area contributed by atoms with Crippen LogP contribution in [0.15, 0.2) is 42.7 Å². The molecule has 0 N–H and O–H groups in total. The monoisotopic (exact) mass is 279 g/mol. The number of nitrogens with zero attached hydrogens (tertiary/aromatic N) is 1. The molecule has 2 aromatic rings. The van der Waals surface area contributed by atoms with E-state index in [1.807, 2.05) is 19.1 Å². The van der Waals surface area contributed by atoms with Gasteiger partial charge in [-0.2, -0.15) is 13.2 Å². The van der Waals surface area contributed by atoms with E-state index in [0.717, 1.165) is 24.0 Å². The number of rotatable bonds is 3. The van der Waals surface area contributed by atoms with Crippen LogP contribution >= 0.6 is 0 Å². The first-order valence-electron chi connectivity index (χ1n) is 5.98. The Morgan fingerprint density at radius 3 is 2.40 bits per heavy atom. The third kappa shape index (κ3) is 3.23. The molecule has 104 valence electrons. The molecule has 0 saturated heterocycles. The van der Waals surface area contributed by atoms with Gasteiger partial charge in [0.1, 0.15) is 0 Å². The summed E-state index contributed by atoms with van der Waals surface area (Å²) in [5.74, 6) is -0.589. The predicted molar refractivity (Wildman–Crippen MR) is 68.5 cm³/mol. The second-order valence-electron chi connectivity index (χ2n) is 4.50. The van der Waals surface area contributed by atoms with E-state index in [4.69, 9.17) is 0 Å². The molecule has 0 radical (unpaired) electrons. The van der Waals surface area contributed by atoms with Crippen molar-refractivity contribution in [3.63, 3.8) is 0 Å². The molecule has 0 aliphatic heterocycles. The molecule has 1 heterocycles. The standard InChI is InChI=1S/C15H12F3NO/c1-10-2-4-11(5-3-10)8-14(20)12-9-19-7-6-13(12)15(16,17)18/h2-7,9H,8H2,1H3. The highest BCUT2D eigenvalue weighted by molar-refractivity contribution is 5.98. The topological polar surface area (TPSA) is 30.0 Å². The number of alkyl halides is 3. The van der Waals surface area contributed by atoms with Crippen molar-refractivity contribution in [2.75, 3.05) is 0 Å². The van der Waals surface area contributed by atoms with Crippen molar-refractivity contribution in [2.24, 2.45) is 0 Å². The number of carbonyl (C=O) groups is 1. The number of hydrogen-bond acceptors (Lipinski definition) is 2. The van der Waals surface area contributed by atoms with Gasteiger partial charge in [0.05, 0.1) is 5.56 Å². The quantitative estimate of drug-likeness (QED) is 0.799. The van der Waals surface area contributed by atoms with E-state index in [1.165, 1.54) is 0 Å². The summed E-state index contributed by atoms with van der Waals surface area (Å²) in [4.78, 5) is 15.6. The summed E-state index contributed by atoms with van der Waals surface area (Å²) in [7, 11) is 0. The predicted octanol–water partition coefficient (Wildman–Crippen LogP) is 3.83. The summed E-state index contributed by atoms with van der Waals surface area (Å²) >= 11 is 0. The minimum absolute atomic E-state index is 0.0744. The summed E-state index contributed by atoms with van der Waals surface area (Å²) < 4.78 is 38.5. The lowest BCUT2D eigenvalue weighted by molar-refractivity contribution is -0.138. The molecule has 20 heavy (non-hydrogen) atoms. The lowest BCUT2D eigenvalue weighted by Crippen LogP contribution is -2.15. The number of hydrogen-bond donors (Lipinski definition) is 0. The molecule has 0 atom stereocenters. The van der Waals surface area contributed by atoms with Gasteiger partial charge in [0.2, 0.25) is 0 Å². The first kappa shape index (κ1) is 14.2. The maximum Gasteiger partial charge on any atom is 0.417 e. The Balaban J connectivity index is 2.28. The van der Waals surface area contributed by atoms with Crippen LogP contribution in [0.3, 0.4) is 0 Å². The molecule has 0 aliphatic rings. The number of ketones is 1. The summed E-state index contributed by atoms with van der Waals surface area (Å²) in [5.41, 5.74) is 0.376. The Hall–Kier alpha value is -2.17. The molecule has 0 spiro atoms. The van der Waals surface area contributed by atoms with Gasteiger partial charge in [0, 0.05) is 24.4 Å². The Kier molecular flexibility index (Phi) is 3.88.